The Morgan fingerprint density at radius 1 is 1.00 bits per heavy atom. The maximum Gasteiger partial charge on any atom is 0.476 e. The maximum absolute atomic E-state index is 11.6. The normalized spacial score (nSPS) is 32.6. The smallest absolute Gasteiger partial charge is 0.463 e. The molecule has 0 saturated carbocycles. The first-order chi connectivity index (χ1) is 12.4. The van der Waals surface area contributed by atoms with Crippen molar-refractivity contribution in [2.45, 2.75) is 56.3 Å². The number of halogens is 2. The third kappa shape index (κ3) is 5.22. The van der Waals surface area contributed by atoms with Crippen LogP contribution in [0, 0.1) is 6.57 Å². The molecule has 0 N–H and O–H groups in total. The minimum atomic E-state index is -2.58. The van der Waals surface area contributed by atoms with Crippen molar-refractivity contribution in [1.82, 2.24) is 0 Å². The van der Waals surface area contributed by atoms with Crippen LogP contribution in [0.5, 0.6) is 0 Å². The van der Waals surface area contributed by atoms with Crippen LogP contribution < -0.4 is 0 Å². The van der Waals surface area contributed by atoms with Crippen molar-refractivity contribution in [1.29, 1.82) is 0 Å². The molecule has 1 aliphatic heterocycles. The molecule has 1 saturated heterocycles. The van der Waals surface area contributed by atoms with Crippen LogP contribution in [0.1, 0.15) is 27.7 Å². The van der Waals surface area contributed by atoms with Gasteiger partial charge in [-0.05, 0) is 0 Å². The summed E-state index contributed by atoms with van der Waals surface area (Å²) in [6.07, 6.45) is -4.60. The van der Waals surface area contributed by atoms with E-state index in [4.69, 9.17) is 53.5 Å². The van der Waals surface area contributed by atoms with Gasteiger partial charge in [-0.3, -0.25) is 28.8 Å². The van der Waals surface area contributed by atoms with Crippen LogP contribution in [0.15, 0.2) is 0 Å². The van der Waals surface area contributed by atoms with Crippen LogP contribution >= 0.6 is 23.2 Å². The third-order valence-corrected chi connectivity index (χ3v) is 4.34. The zero-order chi connectivity index (χ0) is 21.0. The minimum absolute atomic E-state index is 0.512. The lowest BCUT2D eigenvalue weighted by molar-refractivity contribution is -0.267. The molecule has 0 amide bonds. The molecule has 10 nitrogen and oxygen atoms in total. The number of carbonyl (C=O) groups excluding carboxylic acids is 4. The SMILES string of the molecule is [C-]#[N+][C@]1(Cl)O[C@H](COC(C)=O)[C@@H](OC(C)=O)[C@H](OC(C)=O)[C@@]1(Cl)OC(C)=O. The van der Waals surface area contributed by atoms with Crippen LogP contribution in [0.4, 0.5) is 0 Å². The van der Waals surface area contributed by atoms with Gasteiger partial charge in [0, 0.05) is 39.3 Å². The van der Waals surface area contributed by atoms with Crippen molar-refractivity contribution in [3.8, 4) is 0 Å². The zero-order valence-corrected chi connectivity index (χ0v) is 16.3. The van der Waals surface area contributed by atoms with Crippen molar-refractivity contribution in [3.63, 3.8) is 0 Å². The van der Waals surface area contributed by atoms with E-state index in [9.17, 15) is 19.2 Å². The van der Waals surface area contributed by atoms with Gasteiger partial charge in [-0.25, -0.2) is 6.57 Å². The van der Waals surface area contributed by atoms with Crippen molar-refractivity contribution in [2.75, 3.05) is 6.61 Å². The largest absolute Gasteiger partial charge is 0.476 e. The summed E-state index contributed by atoms with van der Waals surface area (Å²) in [4.78, 5) is 48.8. The summed E-state index contributed by atoms with van der Waals surface area (Å²) < 4.78 is 25.3. The van der Waals surface area contributed by atoms with Crippen molar-refractivity contribution in [2.24, 2.45) is 0 Å². The lowest BCUT2D eigenvalue weighted by Crippen LogP contribution is -2.70. The Bertz CT molecular complexity index is 679. The number of carbonyl (C=O) groups is 4. The van der Waals surface area contributed by atoms with Crippen molar-refractivity contribution < 1.29 is 42.9 Å². The molecule has 0 aromatic heterocycles. The summed E-state index contributed by atoms with van der Waals surface area (Å²) in [6, 6.07) is 0. The summed E-state index contributed by atoms with van der Waals surface area (Å²) >= 11 is 12.4. The highest BCUT2D eigenvalue weighted by Crippen LogP contribution is 2.49. The summed E-state index contributed by atoms with van der Waals surface area (Å²) in [7, 11) is 0. The van der Waals surface area contributed by atoms with E-state index in [1.807, 2.05) is 0 Å². The van der Waals surface area contributed by atoms with Gasteiger partial charge in [-0.1, -0.05) is 11.6 Å². The molecule has 27 heavy (non-hydrogen) atoms. The predicted octanol–water partition coefficient (Wildman–Crippen LogP) is 1.12. The number of alkyl halides is 2. The molecule has 12 heteroatoms. The predicted molar refractivity (Wildman–Crippen MR) is 88.2 cm³/mol. The first-order valence-corrected chi connectivity index (χ1v) is 8.23. The second-order valence-electron chi connectivity index (χ2n) is 5.47. The summed E-state index contributed by atoms with van der Waals surface area (Å²) in [5.41, 5.74) is 0. The average molecular weight is 426 g/mol. The Kier molecular flexibility index (Phi) is 7.42. The van der Waals surface area contributed by atoms with Gasteiger partial charge in [0.15, 0.2) is 6.10 Å². The second-order valence-corrected chi connectivity index (χ2v) is 6.55. The molecule has 0 spiro atoms. The highest BCUT2D eigenvalue weighted by atomic mass is 35.5. The van der Waals surface area contributed by atoms with Gasteiger partial charge in [-0.2, -0.15) is 0 Å². The molecule has 0 aromatic rings. The van der Waals surface area contributed by atoms with Crippen LogP contribution in [0.2, 0.25) is 0 Å². The second kappa shape index (κ2) is 8.73. The van der Waals surface area contributed by atoms with Gasteiger partial charge < -0.3 is 18.9 Å². The zero-order valence-electron chi connectivity index (χ0n) is 14.8. The topological polar surface area (TPSA) is 119 Å². The summed E-state index contributed by atoms with van der Waals surface area (Å²) in [6.45, 7) is 11.0. The summed E-state index contributed by atoms with van der Waals surface area (Å²) in [5, 5.41) is -5.15. The Hall–Kier alpha value is -2.09. The monoisotopic (exact) mass is 425 g/mol. The van der Waals surface area contributed by atoms with Crippen molar-refractivity contribution >= 4 is 47.1 Å². The Morgan fingerprint density at radius 2 is 1.56 bits per heavy atom. The molecule has 1 heterocycles. The van der Waals surface area contributed by atoms with Gasteiger partial charge >= 0.3 is 34.1 Å². The van der Waals surface area contributed by atoms with E-state index in [0.29, 0.717) is 0 Å². The van der Waals surface area contributed by atoms with E-state index in [1.54, 1.807) is 0 Å². The van der Waals surface area contributed by atoms with Gasteiger partial charge in [-0.15, -0.1) is 0 Å². The van der Waals surface area contributed by atoms with Gasteiger partial charge in [0.2, 0.25) is 6.10 Å². The van der Waals surface area contributed by atoms with Gasteiger partial charge in [0.1, 0.15) is 12.7 Å². The lowest BCUT2D eigenvalue weighted by Gasteiger charge is -2.46. The molecular formula is C15H17Cl2NO9. The third-order valence-electron chi connectivity index (χ3n) is 3.24. The molecule has 0 radical (unpaired) electrons. The van der Waals surface area contributed by atoms with E-state index < -0.39 is 59.0 Å². The molecule has 1 rings (SSSR count). The van der Waals surface area contributed by atoms with Crippen LogP contribution in [0.3, 0.4) is 0 Å². The van der Waals surface area contributed by atoms with Crippen LogP contribution in [-0.2, 0) is 42.9 Å². The van der Waals surface area contributed by atoms with Crippen LogP contribution in [0.25, 0.3) is 4.85 Å². The summed E-state index contributed by atoms with van der Waals surface area (Å²) in [5.74, 6) is -3.40. The van der Waals surface area contributed by atoms with E-state index in [0.717, 1.165) is 27.7 Å². The molecule has 0 aliphatic carbocycles. The fraction of sp³-hybridized carbons (Fsp3) is 0.667. The molecule has 0 bridgehead atoms. The molecule has 1 aliphatic rings. The number of hydrogen-bond acceptors (Lipinski definition) is 9. The van der Waals surface area contributed by atoms with Crippen LogP contribution in [-0.4, -0.2) is 59.0 Å². The highest BCUT2D eigenvalue weighted by Gasteiger charge is 2.75. The first-order valence-electron chi connectivity index (χ1n) is 7.48. The molecule has 0 aromatic carbocycles. The minimum Gasteiger partial charge on any atom is -0.463 e. The molecule has 5 atom stereocenters. The van der Waals surface area contributed by atoms with E-state index >= 15 is 0 Å². The fourth-order valence-electron chi connectivity index (χ4n) is 2.34. The Morgan fingerprint density at radius 3 is 1.96 bits per heavy atom. The number of hydrogen-bond donors (Lipinski definition) is 0. The fourth-order valence-corrected chi connectivity index (χ4v) is 2.97. The van der Waals surface area contributed by atoms with Gasteiger partial charge in [0.05, 0.1) is 0 Å². The number of esters is 4. The van der Waals surface area contributed by atoms with E-state index in [2.05, 4.69) is 4.85 Å². The molecular weight excluding hydrogens is 409 g/mol. The Balaban J connectivity index is 3.51. The molecule has 0 unspecified atom stereocenters. The van der Waals surface area contributed by atoms with Gasteiger partial charge in [0.25, 0.3) is 0 Å². The molecule has 150 valence electrons. The van der Waals surface area contributed by atoms with E-state index in [-0.39, 0.29) is 0 Å². The van der Waals surface area contributed by atoms with E-state index in [1.165, 1.54) is 0 Å². The number of rotatable bonds is 5. The lowest BCUT2D eigenvalue weighted by atomic mass is 9.96. The van der Waals surface area contributed by atoms with Crippen molar-refractivity contribution in [3.05, 3.63) is 11.4 Å². The molecule has 1 fully saturated rings. The maximum atomic E-state index is 11.6. The highest BCUT2D eigenvalue weighted by molar-refractivity contribution is 6.35. The first kappa shape index (κ1) is 23.0. The average Bonchev–Trinajstić information content (AvgIpc) is 2.51. The standard InChI is InChI=1S/C15H17Cl2NO9/c1-7(19)23-6-11-12(24-8(2)20)13(25-9(3)21)14(16,26-10(4)22)15(17,18-5)27-11/h11-13H,6H2,1-4H3/t11-,12-,13+,14-,15+/m1/s1. The quantitative estimate of drug-likeness (QED) is 0.209. The number of nitrogens with zero attached hydrogens (tertiary/aromatic N) is 1. The Labute approximate surface area is 164 Å². The number of ether oxygens (including phenoxy) is 5.